The summed E-state index contributed by atoms with van der Waals surface area (Å²) < 4.78 is 26.5. The summed E-state index contributed by atoms with van der Waals surface area (Å²) in [5.41, 5.74) is 0.645. The normalized spacial score (nSPS) is 23.5. The minimum atomic E-state index is -0.497. The first kappa shape index (κ1) is 13.5. The van der Waals surface area contributed by atoms with Gasteiger partial charge in [-0.15, -0.1) is 0 Å². The van der Waals surface area contributed by atoms with Crippen LogP contribution in [0.2, 0.25) is 0 Å². The van der Waals surface area contributed by atoms with Gasteiger partial charge in [-0.25, -0.2) is 8.78 Å². The fraction of sp³-hybridized carbons (Fsp3) is 0.600. The molecule has 0 aromatic heterocycles. The summed E-state index contributed by atoms with van der Waals surface area (Å²) >= 11 is 0. The quantitative estimate of drug-likeness (QED) is 0.844. The molecule has 1 fully saturated rings. The zero-order valence-electron chi connectivity index (χ0n) is 10.9. The first-order chi connectivity index (χ1) is 8.70. The highest BCUT2D eigenvalue weighted by Crippen LogP contribution is 2.29. The van der Waals surface area contributed by atoms with Crippen molar-refractivity contribution < 1.29 is 8.78 Å². The highest BCUT2D eigenvalue weighted by atomic mass is 19.1. The van der Waals surface area contributed by atoms with E-state index in [4.69, 9.17) is 0 Å². The Morgan fingerprint density at radius 1 is 1.28 bits per heavy atom. The van der Waals surface area contributed by atoms with E-state index in [1.165, 1.54) is 18.9 Å². The zero-order chi connectivity index (χ0) is 13.0. The smallest absolute Gasteiger partial charge is 0.129 e. The Kier molecular flexibility index (Phi) is 4.70. The van der Waals surface area contributed by atoms with E-state index in [0.29, 0.717) is 23.9 Å². The van der Waals surface area contributed by atoms with Gasteiger partial charge in [-0.3, -0.25) is 0 Å². The molecule has 0 saturated heterocycles. The lowest BCUT2D eigenvalue weighted by Crippen LogP contribution is -2.34. The molecular weight excluding hydrogens is 232 g/mol. The lowest BCUT2D eigenvalue weighted by molar-refractivity contribution is 0.393. The third-order valence-electron chi connectivity index (χ3n) is 3.81. The third kappa shape index (κ3) is 3.29. The molecule has 2 unspecified atom stereocenters. The molecule has 1 aromatic carbocycles. The largest absolute Gasteiger partial charge is 0.314 e. The number of halogens is 2. The summed E-state index contributed by atoms with van der Waals surface area (Å²) in [6, 6.07) is 4.41. The summed E-state index contributed by atoms with van der Waals surface area (Å²) in [7, 11) is 0. The molecule has 100 valence electrons. The van der Waals surface area contributed by atoms with Gasteiger partial charge in [0.2, 0.25) is 0 Å². The molecule has 0 bridgehead atoms. The molecule has 0 radical (unpaired) electrons. The van der Waals surface area contributed by atoms with Crippen LogP contribution in [0.4, 0.5) is 8.78 Å². The Labute approximate surface area is 108 Å². The average Bonchev–Trinajstić information content (AvgIpc) is 2.77. The molecule has 0 heterocycles. The Hall–Kier alpha value is -0.960. The van der Waals surface area contributed by atoms with Crippen molar-refractivity contribution in [3.63, 3.8) is 0 Å². The van der Waals surface area contributed by atoms with Crippen molar-refractivity contribution >= 4 is 0 Å². The fourth-order valence-electron chi connectivity index (χ4n) is 2.85. The molecule has 2 rings (SSSR count). The topological polar surface area (TPSA) is 12.0 Å². The van der Waals surface area contributed by atoms with Crippen LogP contribution in [0.15, 0.2) is 18.2 Å². The molecule has 1 aliphatic carbocycles. The van der Waals surface area contributed by atoms with Gasteiger partial charge in [0.25, 0.3) is 0 Å². The van der Waals surface area contributed by atoms with Gasteiger partial charge in [0.1, 0.15) is 11.6 Å². The summed E-state index contributed by atoms with van der Waals surface area (Å²) in [4.78, 5) is 0. The van der Waals surface area contributed by atoms with Crippen LogP contribution >= 0.6 is 0 Å². The predicted octanol–water partition coefficient (Wildman–Crippen LogP) is 3.68. The standard InChI is InChI=1S/C15H21F2N/c1-2-8-18-15-5-3-4-12(15)9-11-6-7-13(16)10-14(11)17/h6-7,10,12,15,18H,2-5,8-9H2,1H3. The van der Waals surface area contributed by atoms with Crippen molar-refractivity contribution in [1.29, 1.82) is 0 Å². The van der Waals surface area contributed by atoms with Gasteiger partial charge in [0, 0.05) is 12.1 Å². The second kappa shape index (κ2) is 6.28. The van der Waals surface area contributed by atoms with E-state index in [1.807, 2.05) is 0 Å². The Bertz CT molecular complexity index is 392. The molecule has 2 atom stereocenters. The van der Waals surface area contributed by atoms with E-state index < -0.39 is 11.6 Å². The number of rotatable bonds is 5. The van der Waals surface area contributed by atoms with Crippen LogP contribution in [0.1, 0.15) is 38.2 Å². The fourth-order valence-corrected chi connectivity index (χ4v) is 2.85. The van der Waals surface area contributed by atoms with E-state index in [-0.39, 0.29) is 0 Å². The van der Waals surface area contributed by atoms with Gasteiger partial charge in [-0.2, -0.15) is 0 Å². The Morgan fingerprint density at radius 2 is 2.11 bits per heavy atom. The summed E-state index contributed by atoms with van der Waals surface area (Å²) in [6.45, 7) is 3.17. The number of benzene rings is 1. The van der Waals surface area contributed by atoms with Crippen LogP contribution in [0.25, 0.3) is 0 Å². The average molecular weight is 253 g/mol. The second-order valence-electron chi connectivity index (χ2n) is 5.19. The van der Waals surface area contributed by atoms with Crippen molar-refractivity contribution in [2.24, 2.45) is 5.92 Å². The maximum Gasteiger partial charge on any atom is 0.129 e. The van der Waals surface area contributed by atoms with E-state index in [2.05, 4.69) is 12.2 Å². The number of nitrogens with one attached hydrogen (secondary N) is 1. The van der Waals surface area contributed by atoms with Gasteiger partial charge in [0.15, 0.2) is 0 Å². The summed E-state index contributed by atoms with van der Waals surface area (Å²) in [5, 5.41) is 3.54. The van der Waals surface area contributed by atoms with Crippen LogP contribution in [-0.2, 0) is 6.42 Å². The Balaban J connectivity index is 1.99. The van der Waals surface area contributed by atoms with Crippen LogP contribution < -0.4 is 5.32 Å². The maximum absolute atomic E-state index is 13.6. The van der Waals surface area contributed by atoms with E-state index in [0.717, 1.165) is 25.5 Å². The lowest BCUT2D eigenvalue weighted by atomic mass is 9.94. The molecule has 0 amide bonds. The SMILES string of the molecule is CCCNC1CCCC1Cc1ccc(F)cc1F. The molecule has 0 aliphatic heterocycles. The van der Waals surface area contributed by atoms with E-state index >= 15 is 0 Å². The molecule has 1 N–H and O–H groups in total. The minimum absolute atomic E-state index is 0.406. The summed E-state index contributed by atoms with van der Waals surface area (Å²) in [6.07, 6.45) is 5.35. The predicted molar refractivity (Wildman–Crippen MR) is 69.5 cm³/mol. The van der Waals surface area contributed by atoms with E-state index in [1.54, 1.807) is 6.07 Å². The number of hydrogen-bond donors (Lipinski definition) is 1. The van der Waals surface area contributed by atoms with Gasteiger partial charge < -0.3 is 5.32 Å². The third-order valence-corrected chi connectivity index (χ3v) is 3.81. The molecule has 1 aliphatic rings. The Morgan fingerprint density at radius 3 is 2.83 bits per heavy atom. The van der Waals surface area contributed by atoms with Gasteiger partial charge in [0.05, 0.1) is 0 Å². The maximum atomic E-state index is 13.6. The highest BCUT2D eigenvalue weighted by molar-refractivity contribution is 5.19. The molecule has 1 nitrogen and oxygen atoms in total. The first-order valence-corrected chi connectivity index (χ1v) is 6.88. The molecule has 3 heteroatoms. The van der Waals surface area contributed by atoms with Gasteiger partial charge in [-0.1, -0.05) is 19.4 Å². The van der Waals surface area contributed by atoms with Crippen LogP contribution in [-0.4, -0.2) is 12.6 Å². The molecule has 0 spiro atoms. The van der Waals surface area contributed by atoms with E-state index in [9.17, 15) is 8.78 Å². The summed E-state index contributed by atoms with van der Waals surface area (Å²) in [5.74, 6) is -0.420. The molecule has 1 aromatic rings. The number of hydrogen-bond acceptors (Lipinski definition) is 1. The molecule has 1 saturated carbocycles. The monoisotopic (exact) mass is 253 g/mol. The van der Waals surface area contributed by atoms with Crippen LogP contribution in [0, 0.1) is 17.6 Å². The highest BCUT2D eigenvalue weighted by Gasteiger charge is 2.27. The van der Waals surface area contributed by atoms with Gasteiger partial charge >= 0.3 is 0 Å². The van der Waals surface area contributed by atoms with Crippen molar-refractivity contribution in [3.8, 4) is 0 Å². The van der Waals surface area contributed by atoms with Crippen LogP contribution in [0.5, 0.6) is 0 Å². The van der Waals surface area contributed by atoms with Crippen LogP contribution in [0.3, 0.4) is 0 Å². The van der Waals surface area contributed by atoms with Gasteiger partial charge in [-0.05, 0) is 49.8 Å². The van der Waals surface area contributed by atoms with Crippen molar-refractivity contribution in [3.05, 3.63) is 35.4 Å². The zero-order valence-corrected chi connectivity index (χ0v) is 10.9. The van der Waals surface area contributed by atoms with Crippen molar-refractivity contribution in [2.45, 2.75) is 45.1 Å². The van der Waals surface area contributed by atoms with Crippen molar-refractivity contribution in [1.82, 2.24) is 5.32 Å². The lowest BCUT2D eigenvalue weighted by Gasteiger charge is -2.21. The second-order valence-corrected chi connectivity index (χ2v) is 5.19. The first-order valence-electron chi connectivity index (χ1n) is 6.88. The minimum Gasteiger partial charge on any atom is -0.314 e. The van der Waals surface area contributed by atoms with Crippen molar-refractivity contribution in [2.75, 3.05) is 6.54 Å². The molecular formula is C15H21F2N. The molecule has 18 heavy (non-hydrogen) atoms.